The van der Waals surface area contributed by atoms with E-state index in [0.29, 0.717) is 5.92 Å². The predicted molar refractivity (Wildman–Crippen MR) is 173 cm³/mol. The highest BCUT2D eigenvalue weighted by Crippen LogP contribution is 2.54. The summed E-state index contributed by atoms with van der Waals surface area (Å²) in [6.07, 6.45) is 6.28. The molecular formula is C32H44Cl3N5. The SMILES string of the molecule is CC1CCc2ncnc(N3CC4(CCN(Cc5ccccc5)CC4)c4c([C@H](N)C(C)(C)C)cccc43)c21.Cl.Cl.Cl. The third-order valence-electron chi connectivity index (χ3n) is 9.19. The number of anilines is 2. The molecule has 6 rings (SSSR count). The predicted octanol–water partition coefficient (Wildman–Crippen LogP) is 7.52. The molecule has 1 aliphatic carbocycles. The van der Waals surface area contributed by atoms with Crippen molar-refractivity contribution in [3.05, 3.63) is 82.8 Å². The van der Waals surface area contributed by atoms with Crippen LogP contribution in [0.3, 0.4) is 0 Å². The third kappa shape index (κ3) is 5.73. The summed E-state index contributed by atoms with van der Waals surface area (Å²) in [6.45, 7) is 13.3. The highest BCUT2D eigenvalue weighted by Gasteiger charge is 2.48. The van der Waals surface area contributed by atoms with Crippen LogP contribution in [0.1, 0.15) is 86.9 Å². The van der Waals surface area contributed by atoms with Crippen molar-refractivity contribution in [2.45, 2.75) is 77.3 Å². The van der Waals surface area contributed by atoms with Crippen LogP contribution in [0.15, 0.2) is 54.9 Å². The van der Waals surface area contributed by atoms with Crippen molar-refractivity contribution in [3.63, 3.8) is 0 Å². The Kier molecular flexibility index (Phi) is 10.2. The fourth-order valence-electron chi connectivity index (χ4n) is 6.97. The number of halogens is 3. The van der Waals surface area contributed by atoms with Gasteiger partial charge in [-0.2, -0.15) is 0 Å². The number of aryl methyl sites for hydroxylation is 1. The van der Waals surface area contributed by atoms with Crippen LogP contribution >= 0.6 is 37.2 Å². The number of nitrogens with two attached hydrogens (primary N) is 1. The summed E-state index contributed by atoms with van der Waals surface area (Å²) in [5.41, 5.74) is 15.2. The molecule has 218 valence electrons. The van der Waals surface area contributed by atoms with Crippen LogP contribution in [0, 0.1) is 5.41 Å². The molecule has 2 aliphatic heterocycles. The van der Waals surface area contributed by atoms with Gasteiger partial charge in [0.2, 0.25) is 0 Å². The van der Waals surface area contributed by atoms with E-state index in [-0.39, 0.29) is 54.1 Å². The molecule has 2 atom stereocenters. The molecule has 0 amide bonds. The number of likely N-dealkylation sites (tertiary alicyclic amines) is 1. The van der Waals surface area contributed by atoms with E-state index in [1.165, 1.54) is 33.6 Å². The lowest BCUT2D eigenvalue weighted by Crippen LogP contribution is -2.45. The average Bonchev–Trinajstić information content (AvgIpc) is 3.43. The van der Waals surface area contributed by atoms with Crippen molar-refractivity contribution in [1.82, 2.24) is 14.9 Å². The summed E-state index contributed by atoms with van der Waals surface area (Å²) in [5.74, 6) is 1.63. The van der Waals surface area contributed by atoms with Gasteiger partial charge in [-0.15, -0.1) is 37.2 Å². The molecule has 3 aromatic rings. The van der Waals surface area contributed by atoms with Crippen molar-refractivity contribution in [1.29, 1.82) is 0 Å². The molecule has 2 N–H and O–H groups in total. The van der Waals surface area contributed by atoms with Gasteiger partial charge in [-0.3, -0.25) is 4.90 Å². The van der Waals surface area contributed by atoms with Crippen LogP contribution in [0.2, 0.25) is 0 Å². The quantitative estimate of drug-likeness (QED) is 0.334. The highest BCUT2D eigenvalue weighted by atomic mass is 35.5. The van der Waals surface area contributed by atoms with E-state index >= 15 is 0 Å². The third-order valence-corrected chi connectivity index (χ3v) is 9.19. The number of hydrogen-bond acceptors (Lipinski definition) is 5. The van der Waals surface area contributed by atoms with Gasteiger partial charge in [-0.25, -0.2) is 9.97 Å². The average molecular weight is 605 g/mol. The minimum Gasteiger partial charge on any atom is -0.325 e. The van der Waals surface area contributed by atoms with Crippen LogP contribution in [0.5, 0.6) is 0 Å². The fraction of sp³-hybridized carbons (Fsp3) is 0.500. The van der Waals surface area contributed by atoms with E-state index in [1.807, 2.05) is 0 Å². The first-order valence-electron chi connectivity index (χ1n) is 14.0. The molecule has 3 heterocycles. The number of piperidine rings is 1. The molecule has 1 unspecified atom stereocenters. The molecule has 1 fully saturated rings. The normalized spacial score (nSPS) is 20.1. The van der Waals surface area contributed by atoms with Crippen molar-refractivity contribution in [2.24, 2.45) is 11.1 Å². The first-order valence-corrected chi connectivity index (χ1v) is 14.0. The van der Waals surface area contributed by atoms with E-state index in [1.54, 1.807) is 6.33 Å². The molecule has 8 heteroatoms. The lowest BCUT2D eigenvalue weighted by Gasteiger charge is -2.42. The van der Waals surface area contributed by atoms with Crippen LogP contribution in [0.25, 0.3) is 0 Å². The van der Waals surface area contributed by atoms with Crippen molar-refractivity contribution < 1.29 is 0 Å². The van der Waals surface area contributed by atoms with Crippen LogP contribution in [0.4, 0.5) is 11.5 Å². The monoisotopic (exact) mass is 603 g/mol. The Hall–Kier alpha value is -1.89. The van der Waals surface area contributed by atoms with E-state index < -0.39 is 0 Å². The van der Waals surface area contributed by atoms with Gasteiger partial charge in [0.1, 0.15) is 12.1 Å². The molecular weight excluding hydrogens is 561 g/mol. The molecule has 0 bridgehead atoms. The molecule has 5 nitrogen and oxygen atoms in total. The summed E-state index contributed by atoms with van der Waals surface area (Å²) in [7, 11) is 0. The minimum atomic E-state index is -0.0170. The summed E-state index contributed by atoms with van der Waals surface area (Å²) < 4.78 is 0. The summed E-state index contributed by atoms with van der Waals surface area (Å²) in [4.78, 5) is 14.7. The Balaban J connectivity index is 0.00000147. The molecule has 3 aliphatic rings. The van der Waals surface area contributed by atoms with Gasteiger partial charge >= 0.3 is 0 Å². The minimum absolute atomic E-state index is 0. The van der Waals surface area contributed by atoms with Crippen LogP contribution in [-0.2, 0) is 18.4 Å². The number of hydrogen-bond donors (Lipinski definition) is 1. The number of rotatable bonds is 4. The van der Waals surface area contributed by atoms with E-state index in [2.05, 4.69) is 91.0 Å². The summed E-state index contributed by atoms with van der Waals surface area (Å²) in [6, 6.07) is 17.7. The second kappa shape index (κ2) is 12.5. The van der Waals surface area contributed by atoms with Gasteiger partial charge in [-0.1, -0.05) is 70.2 Å². The van der Waals surface area contributed by atoms with Crippen molar-refractivity contribution >= 4 is 48.7 Å². The maximum Gasteiger partial charge on any atom is 0.140 e. The molecule has 0 saturated carbocycles. The Morgan fingerprint density at radius 1 is 0.975 bits per heavy atom. The lowest BCUT2D eigenvalue weighted by molar-refractivity contribution is 0.159. The molecule has 2 aromatic carbocycles. The zero-order chi connectivity index (χ0) is 25.8. The smallest absolute Gasteiger partial charge is 0.140 e. The second-order valence-electron chi connectivity index (χ2n) is 12.7. The summed E-state index contributed by atoms with van der Waals surface area (Å²) in [5, 5.41) is 0. The number of aromatic nitrogens is 2. The maximum atomic E-state index is 7.01. The Morgan fingerprint density at radius 3 is 2.35 bits per heavy atom. The van der Waals surface area contributed by atoms with Gasteiger partial charge in [0.05, 0.1) is 0 Å². The molecule has 1 aromatic heterocycles. The highest BCUT2D eigenvalue weighted by molar-refractivity contribution is 5.86. The standard InChI is InChI=1S/C32H41N5.3ClH/c1-22-13-14-25-27(22)30(35-21-34-25)37-20-32(15-17-36(18-16-32)19-23-9-6-5-7-10-23)28-24(11-8-12-26(28)37)29(33)31(2,3)4;;;/h5-12,21-22,29H,13-20,33H2,1-4H3;3*1H/t22?,29-;;;/m0.../s1. The molecule has 0 radical (unpaired) electrons. The van der Waals surface area contributed by atoms with Crippen LogP contribution in [-0.4, -0.2) is 34.5 Å². The molecule has 1 saturated heterocycles. The van der Waals surface area contributed by atoms with E-state index in [4.69, 9.17) is 10.7 Å². The van der Waals surface area contributed by atoms with E-state index in [0.717, 1.165) is 57.7 Å². The Bertz CT molecular complexity index is 1290. The second-order valence-corrected chi connectivity index (χ2v) is 12.7. The first-order chi connectivity index (χ1) is 17.8. The molecule has 1 spiro atoms. The fourth-order valence-corrected chi connectivity index (χ4v) is 6.97. The lowest BCUT2D eigenvalue weighted by atomic mass is 9.69. The van der Waals surface area contributed by atoms with Gasteiger partial charge in [0.25, 0.3) is 0 Å². The summed E-state index contributed by atoms with van der Waals surface area (Å²) >= 11 is 0. The van der Waals surface area contributed by atoms with Gasteiger partial charge < -0.3 is 10.6 Å². The number of fused-ring (bicyclic) bond motifs is 3. The zero-order valence-electron chi connectivity index (χ0n) is 24.1. The maximum absolute atomic E-state index is 7.01. The van der Waals surface area contributed by atoms with Crippen molar-refractivity contribution in [3.8, 4) is 0 Å². The van der Waals surface area contributed by atoms with Gasteiger partial charge in [-0.05, 0) is 72.9 Å². The first kappa shape index (κ1) is 32.6. The van der Waals surface area contributed by atoms with E-state index in [9.17, 15) is 0 Å². The Labute approximate surface area is 258 Å². The number of nitrogens with zero attached hydrogens (tertiary/aromatic N) is 4. The van der Waals surface area contributed by atoms with Crippen LogP contribution < -0.4 is 10.6 Å². The zero-order valence-corrected chi connectivity index (χ0v) is 26.5. The van der Waals surface area contributed by atoms with Gasteiger partial charge in [0.15, 0.2) is 0 Å². The van der Waals surface area contributed by atoms with Gasteiger partial charge in [0, 0.05) is 41.5 Å². The number of benzene rings is 2. The van der Waals surface area contributed by atoms with Crippen molar-refractivity contribution in [2.75, 3.05) is 24.5 Å². The molecule has 40 heavy (non-hydrogen) atoms. The Morgan fingerprint density at radius 2 is 1.68 bits per heavy atom. The largest absolute Gasteiger partial charge is 0.325 e. The topological polar surface area (TPSA) is 58.3 Å².